The molecule has 1 heterocycles. The number of rotatable bonds is 6. The minimum atomic E-state index is -3.60. The number of sulfonamides is 1. The molecule has 1 aliphatic heterocycles. The monoisotopic (exact) mass is 482 g/mol. The van der Waals surface area contributed by atoms with Crippen LogP contribution in [0.2, 0.25) is 0 Å². The van der Waals surface area contributed by atoms with Gasteiger partial charge in [-0.1, -0.05) is 22.0 Å². The van der Waals surface area contributed by atoms with Gasteiger partial charge in [0.1, 0.15) is 0 Å². The number of ether oxygens (including phenoxy) is 2. The summed E-state index contributed by atoms with van der Waals surface area (Å²) in [4.78, 5) is 24.1. The first-order valence-electron chi connectivity index (χ1n) is 8.77. The van der Waals surface area contributed by atoms with Gasteiger partial charge in [0.2, 0.25) is 10.0 Å². The number of carbonyl (C=O) groups is 2. The van der Waals surface area contributed by atoms with Crippen LogP contribution in [0.1, 0.15) is 10.4 Å². The van der Waals surface area contributed by atoms with E-state index in [1.54, 1.807) is 24.3 Å². The molecule has 1 amide bonds. The van der Waals surface area contributed by atoms with Crippen LogP contribution in [0.25, 0.3) is 0 Å². The summed E-state index contributed by atoms with van der Waals surface area (Å²) in [6.07, 6.45) is 0. The third-order valence-corrected chi connectivity index (χ3v) is 6.55. The molecule has 0 bridgehead atoms. The van der Waals surface area contributed by atoms with Crippen molar-refractivity contribution in [3.05, 3.63) is 58.6 Å². The van der Waals surface area contributed by atoms with Crippen LogP contribution in [0, 0.1) is 0 Å². The quantitative estimate of drug-likeness (QED) is 0.633. The molecule has 1 N–H and O–H groups in total. The second-order valence-corrected chi connectivity index (χ2v) is 9.03. The first-order chi connectivity index (χ1) is 13.9. The van der Waals surface area contributed by atoms with E-state index in [-0.39, 0.29) is 4.90 Å². The predicted molar refractivity (Wildman–Crippen MR) is 109 cm³/mol. The lowest BCUT2D eigenvalue weighted by atomic mass is 10.2. The summed E-state index contributed by atoms with van der Waals surface area (Å²) in [6, 6.07) is 12.5. The maximum Gasteiger partial charge on any atom is 0.338 e. The Hall–Kier alpha value is -2.27. The maximum absolute atomic E-state index is 12.6. The summed E-state index contributed by atoms with van der Waals surface area (Å²) in [5.41, 5.74) is 0.722. The van der Waals surface area contributed by atoms with Gasteiger partial charge in [0, 0.05) is 23.2 Å². The Kier molecular flexibility index (Phi) is 7.01. The lowest BCUT2D eigenvalue weighted by molar-refractivity contribution is -0.119. The van der Waals surface area contributed by atoms with Gasteiger partial charge in [-0.3, -0.25) is 4.79 Å². The third kappa shape index (κ3) is 5.63. The van der Waals surface area contributed by atoms with E-state index in [4.69, 9.17) is 9.47 Å². The molecule has 0 unspecified atom stereocenters. The molecule has 0 radical (unpaired) electrons. The highest BCUT2D eigenvalue weighted by Crippen LogP contribution is 2.19. The summed E-state index contributed by atoms with van der Waals surface area (Å²) in [5.74, 6) is -1.15. The lowest BCUT2D eigenvalue weighted by Gasteiger charge is -2.26. The van der Waals surface area contributed by atoms with Gasteiger partial charge in [0.05, 0.1) is 23.7 Å². The zero-order chi connectivity index (χ0) is 20.9. The number of morpholine rings is 1. The number of amides is 1. The van der Waals surface area contributed by atoms with E-state index in [0.29, 0.717) is 37.6 Å². The molecule has 154 valence electrons. The van der Waals surface area contributed by atoms with Crippen LogP contribution in [0.5, 0.6) is 0 Å². The first-order valence-corrected chi connectivity index (χ1v) is 11.0. The Labute approximate surface area is 177 Å². The molecule has 1 aliphatic rings. The highest BCUT2D eigenvalue weighted by Gasteiger charge is 2.26. The number of hydrogen-bond donors (Lipinski definition) is 1. The van der Waals surface area contributed by atoms with Crippen molar-refractivity contribution in [1.29, 1.82) is 0 Å². The highest BCUT2D eigenvalue weighted by molar-refractivity contribution is 9.10. The summed E-state index contributed by atoms with van der Waals surface area (Å²) >= 11 is 3.26. The van der Waals surface area contributed by atoms with Crippen molar-refractivity contribution in [2.45, 2.75) is 4.90 Å². The standard InChI is InChI=1S/C19H19BrN2O6S/c20-15-3-1-2-14(12-15)19(24)28-13-18(23)21-16-4-6-17(7-5-16)29(25,26)22-8-10-27-11-9-22/h1-7,12H,8-11,13H2,(H,21,23). The predicted octanol–water partition coefficient (Wildman–Crippen LogP) is 2.27. The van der Waals surface area contributed by atoms with Gasteiger partial charge in [-0.05, 0) is 42.5 Å². The highest BCUT2D eigenvalue weighted by atomic mass is 79.9. The molecule has 8 nitrogen and oxygen atoms in total. The molecule has 1 fully saturated rings. The number of benzene rings is 2. The van der Waals surface area contributed by atoms with E-state index in [2.05, 4.69) is 21.2 Å². The Balaban J connectivity index is 1.55. The molecule has 3 rings (SSSR count). The summed E-state index contributed by atoms with van der Waals surface area (Å²) in [6.45, 7) is 0.894. The number of halogens is 1. The largest absolute Gasteiger partial charge is 0.452 e. The van der Waals surface area contributed by atoms with Crippen molar-refractivity contribution in [2.24, 2.45) is 0 Å². The third-order valence-electron chi connectivity index (χ3n) is 4.14. The zero-order valence-corrected chi connectivity index (χ0v) is 17.7. The molecule has 2 aromatic rings. The fourth-order valence-corrected chi connectivity index (χ4v) is 4.48. The molecule has 0 spiro atoms. The van der Waals surface area contributed by atoms with Crippen LogP contribution in [0.15, 0.2) is 57.9 Å². The van der Waals surface area contributed by atoms with Crippen molar-refractivity contribution in [3.63, 3.8) is 0 Å². The van der Waals surface area contributed by atoms with E-state index in [9.17, 15) is 18.0 Å². The van der Waals surface area contributed by atoms with Gasteiger partial charge in [-0.2, -0.15) is 4.31 Å². The van der Waals surface area contributed by atoms with Crippen molar-refractivity contribution in [2.75, 3.05) is 38.2 Å². The number of carbonyl (C=O) groups excluding carboxylic acids is 2. The number of nitrogens with one attached hydrogen (secondary N) is 1. The Morgan fingerprint density at radius 3 is 2.45 bits per heavy atom. The second kappa shape index (κ2) is 9.49. The smallest absolute Gasteiger partial charge is 0.338 e. The molecule has 0 aliphatic carbocycles. The maximum atomic E-state index is 12.6. The van der Waals surface area contributed by atoms with E-state index in [1.807, 2.05) is 0 Å². The van der Waals surface area contributed by atoms with Gasteiger partial charge in [0.15, 0.2) is 6.61 Å². The van der Waals surface area contributed by atoms with Crippen LogP contribution < -0.4 is 5.32 Å². The van der Waals surface area contributed by atoms with Crippen molar-refractivity contribution >= 4 is 43.5 Å². The number of esters is 1. The molecular formula is C19H19BrN2O6S. The first kappa shape index (κ1) is 21.4. The van der Waals surface area contributed by atoms with Crippen molar-refractivity contribution < 1.29 is 27.5 Å². The Morgan fingerprint density at radius 2 is 1.79 bits per heavy atom. The Morgan fingerprint density at radius 1 is 1.10 bits per heavy atom. The molecule has 0 atom stereocenters. The molecular weight excluding hydrogens is 464 g/mol. The van der Waals surface area contributed by atoms with E-state index >= 15 is 0 Å². The van der Waals surface area contributed by atoms with Crippen molar-refractivity contribution in [3.8, 4) is 0 Å². The van der Waals surface area contributed by atoms with Crippen LogP contribution in [-0.2, 0) is 24.3 Å². The van der Waals surface area contributed by atoms with Gasteiger partial charge in [-0.15, -0.1) is 0 Å². The van der Waals surface area contributed by atoms with Gasteiger partial charge >= 0.3 is 5.97 Å². The minimum Gasteiger partial charge on any atom is -0.452 e. The number of anilines is 1. The molecule has 0 saturated carbocycles. The van der Waals surface area contributed by atoms with Gasteiger partial charge in [-0.25, -0.2) is 13.2 Å². The average Bonchev–Trinajstić information content (AvgIpc) is 2.73. The summed E-state index contributed by atoms with van der Waals surface area (Å²) < 4.78 is 37.4. The van der Waals surface area contributed by atoms with E-state index < -0.39 is 28.5 Å². The van der Waals surface area contributed by atoms with Crippen LogP contribution >= 0.6 is 15.9 Å². The Bertz CT molecular complexity index is 988. The van der Waals surface area contributed by atoms with E-state index in [1.165, 1.54) is 28.6 Å². The molecule has 0 aromatic heterocycles. The van der Waals surface area contributed by atoms with Gasteiger partial charge in [0.25, 0.3) is 5.91 Å². The van der Waals surface area contributed by atoms with Crippen LogP contribution in [0.4, 0.5) is 5.69 Å². The molecule has 10 heteroatoms. The lowest BCUT2D eigenvalue weighted by Crippen LogP contribution is -2.40. The fraction of sp³-hybridized carbons (Fsp3) is 0.263. The zero-order valence-electron chi connectivity index (χ0n) is 15.3. The van der Waals surface area contributed by atoms with Crippen LogP contribution in [-0.4, -0.2) is 57.5 Å². The topological polar surface area (TPSA) is 102 Å². The van der Waals surface area contributed by atoms with E-state index in [0.717, 1.165) is 4.47 Å². The van der Waals surface area contributed by atoms with Crippen LogP contribution in [0.3, 0.4) is 0 Å². The number of hydrogen-bond acceptors (Lipinski definition) is 6. The fourth-order valence-electron chi connectivity index (χ4n) is 2.67. The minimum absolute atomic E-state index is 0.137. The normalized spacial score (nSPS) is 14.9. The van der Waals surface area contributed by atoms with Gasteiger partial charge < -0.3 is 14.8 Å². The second-order valence-electron chi connectivity index (χ2n) is 6.18. The molecule has 2 aromatic carbocycles. The summed E-state index contributed by atoms with van der Waals surface area (Å²) in [7, 11) is -3.60. The average molecular weight is 483 g/mol. The summed E-state index contributed by atoms with van der Waals surface area (Å²) in [5, 5.41) is 2.56. The molecule has 29 heavy (non-hydrogen) atoms. The van der Waals surface area contributed by atoms with Crippen molar-refractivity contribution in [1.82, 2.24) is 4.31 Å². The molecule has 1 saturated heterocycles. The number of nitrogens with zero attached hydrogens (tertiary/aromatic N) is 1. The SMILES string of the molecule is O=C(COC(=O)c1cccc(Br)c1)Nc1ccc(S(=O)(=O)N2CCOCC2)cc1.